The van der Waals surface area contributed by atoms with Gasteiger partial charge in [-0.3, -0.25) is 9.59 Å². The standard InChI is InChI=1S/C26H44O5/c1-17(8-6-7-9-20(4)27)10-11-23(29)15-22(14-21(5)28)16-25(30)24-13-18(2)12-19(3)26(24)31/h17-19,22,24-25,30H,6-16H2,1-5H3/t17?,18-,19-,22?,24?,25+/m0/s1. The minimum absolute atomic E-state index is 0.0144. The van der Waals surface area contributed by atoms with Crippen LogP contribution >= 0.6 is 0 Å². The maximum Gasteiger partial charge on any atom is 0.141 e. The second-order valence-corrected chi connectivity index (χ2v) is 10.4. The Morgan fingerprint density at radius 1 is 0.968 bits per heavy atom. The summed E-state index contributed by atoms with van der Waals surface area (Å²) in [6.45, 7) is 9.30. The summed E-state index contributed by atoms with van der Waals surface area (Å²) in [5.41, 5.74) is 0. The number of carbonyl (C=O) groups excluding carboxylic acids is 4. The molecule has 178 valence electrons. The van der Waals surface area contributed by atoms with Crippen LogP contribution in [0, 0.1) is 29.6 Å². The van der Waals surface area contributed by atoms with E-state index >= 15 is 0 Å². The SMILES string of the molecule is CC(=O)CCCCC(C)CCC(=O)CC(CC(C)=O)C[C@@H](O)C1C[C@@H](C)C[C@H](C)C1=O. The van der Waals surface area contributed by atoms with Gasteiger partial charge in [0.1, 0.15) is 23.1 Å². The molecule has 6 atom stereocenters. The van der Waals surface area contributed by atoms with Gasteiger partial charge in [-0.2, -0.15) is 0 Å². The maximum atomic E-state index is 12.6. The van der Waals surface area contributed by atoms with Crippen LogP contribution in [0.2, 0.25) is 0 Å². The lowest BCUT2D eigenvalue weighted by molar-refractivity contribution is -0.134. The van der Waals surface area contributed by atoms with Gasteiger partial charge in [0.05, 0.1) is 6.10 Å². The van der Waals surface area contributed by atoms with Gasteiger partial charge in [-0.25, -0.2) is 0 Å². The minimum Gasteiger partial charge on any atom is -0.392 e. The average Bonchev–Trinajstić information content (AvgIpc) is 2.65. The van der Waals surface area contributed by atoms with Gasteiger partial charge in [0.25, 0.3) is 0 Å². The fourth-order valence-corrected chi connectivity index (χ4v) is 5.07. The Hall–Kier alpha value is -1.36. The van der Waals surface area contributed by atoms with Crippen LogP contribution in [0.15, 0.2) is 0 Å². The summed E-state index contributed by atoms with van der Waals surface area (Å²) in [5, 5.41) is 10.8. The van der Waals surface area contributed by atoms with Gasteiger partial charge < -0.3 is 14.7 Å². The summed E-state index contributed by atoms with van der Waals surface area (Å²) in [4.78, 5) is 47.9. The molecule has 0 spiro atoms. The van der Waals surface area contributed by atoms with Crippen molar-refractivity contribution in [1.29, 1.82) is 0 Å². The lowest BCUT2D eigenvalue weighted by atomic mass is 9.71. The Kier molecular flexibility index (Phi) is 12.4. The molecule has 3 unspecified atom stereocenters. The van der Waals surface area contributed by atoms with Gasteiger partial charge in [0.2, 0.25) is 0 Å². The monoisotopic (exact) mass is 436 g/mol. The van der Waals surface area contributed by atoms with Crippen molar-refractivity contribution in [2.75, 3.05) is 0 Å². The summed E-state index contributed by atoms with van der Waals surface area (Å²) in [6, 6.07) is 0. The summed E-state index contributed by atoms with van der Waals surface area (Å²) in [5.74, 6) is 0.703. The Morgan fingerprint density at radius 2 is 1.65 bits per heavy atom. The number of carbonyl (C=O) groups is 4. The van der Waals surface area contributed by atoms with Crippen LogP contribution in [0.1, 0.15) is 105 Å². The first-order chi connectivity index (χ1) is 14.5. The molecule has 1 N–H and O–H groups in total. The van der Waals surface area contributed by atoms with E-state index < -0.39 is 6.10 Å². The van der Waals surface area contributed by atoms with Crippen LogP contribution in [-0.2, 0) is 19.2 Å². The molecule has 1 aliphatic carbocycles. The predicted molar refractivity (Wildman–Crippen MR) is 123 cm³/mol. The van der Waals surface area contributed by atoms with E-state index in [0.29, 0.717) is 43.9 Å². The molecular formula is C26H44O5. The molecular weight excluding hydrogens is 392 g/mol. The highest BCUT2D eigenvalue weighted by atomic mass is 16.3. The smallest absolute Gasteiger partial charge is 0.141 e. The first-order valence-corrected chi connectivity index (χ1v) is 12.2. The molecule has 31 heavy (non-hydrogen) atoms. The molecule has 0 amide bonds. The number of aliphatic hydroxyl groups is 1. The largest absolute Gasteiger partial charge is 0.392 e. The molecule has 0 aromatic carbocycles. The number of unbranched alkanes of at least 4 members (excludes halogenated alkanes) is 1. The summed E-state index contributed by atoms with van der Waals surface area (Å²) < 4.78 is 0. The van der Waals surface area contributed by atoms with Crippen LogP contribution in [0.25, 0.3) is 0 Å². The third-order valence-electron chi connectivity index (χ3n) is 6.79. The van der Waals surface area contributed by atoms with Gasteiger partial charge in [-0.05, 0) is 63.7 Å². The number of ketones is 4. The molecule has 1 aliphatic rings. The van der Waals surface area contributed by atoms with Crippen LogP contribution < -0.4 is 0 Å². The fourth-order valence-electron chi connectivity index (χ4n) is 5.07. The molecule has 0 bridgehead atoms. The van der Waals surface area contributed by atoms with E-state index in [1.165, 1.54) is 6.92 Å². The molecule has 1 rings (SSSR count). The lowest BCUT2D eigenvalue weighted by Gasteiger charge is -2.34. The Balaban J connectivity index is 2.51. The zero-order valence-electron chi connectivity index (χ0n) is 20.3. The van der Waals surface area contributed by atoms with E-state index in [2.05, 4.69) is 13.8 Å². The lowest BCUT2D eigenvalue weighted by Crippen LogP contribution is -2.39. The highest BCUT2D eigenvalue weighted by Crippen LogP contribution is 2.34. The fraction of sp³-hybridized carbons (Fsp3) is 0.846. The minimum atomic E-state index is -0.782. The van der Waals surface area contributed by atoms with E-state index in [1.807, 2.05) is 6.92 Å². The van der Waals surface area contributed by atoms with E-state index in [9.17, 15) is 24.3 Å². The number of rotatable bonds is 15. The molecule has 0 radical (unpaired) electrons. The van der Waals surface area contributed by atoms with Crippen LogP contribution in [0.5, 0.6) is 0 Å². The van der Waals surface area contributed by atoms with Gasteiger partial charge >= 0.3 is 0 Å². The average molecular weight is 437 g/mol. The van der Waals surface area contributed by atoms with E-state index in [1.54, 1.807) is 6.92 Å². The zero-order valence-corrected chi connectivity index (χ0v) is 20.3. The number of hydrogen-bond donors (Lipinski definition) is 1. The van der Waals surface area contributed by atoms with Gasteiger partial charge in [-0.1, -0.05) is 33.6 Å². The van der Waals surface area contributed by atoms with Crippen molar-refractivity contribution < 1.29 is 24.3 Å². The topological polar surface area (TPSA) is 88.5 Å². The highest BCUT2D eigenvalue weighted by molar-refractivity contribution is 5.84. The Morgan fingerprint density at radius 3 is 2.26 bits per heavy atom. The van der Waals surface area contributed by atoms with E-state index in [-0.39, 0.29) is 47.3 Å². The number of aliphatic hydroxyl groups excluding tert-OH is 1. The third-order valence-corrected chi connectivity index (χ3v) is 6.79. The van der Waals surface area contributed by atoms with Crippen molar-refractivity contribution in [3.8, 4) is 0 Å². The van der Waals surface area contributed by atoms with Gasteiger partial charge in [0, 0.05) is 37.5 Å². The highest BCUT2D eigenvalue weighted by Gasteiger charge is 2.37. The second kappa shape index (κ2) is 13.9. The molecule has 5 nitrogen and oxygen atoms in total. The van der Waals surface area contributed by atoms with Crippen molar-refractivity contribution in [1.82, 2.24) is 0 Å². The molecule has 0 heterocycles. The molecule has 0 aromatic heterocycles. The number of Topliss-reactive ketones (excluding diaryl/α,β-unsaturated/α-hetero) is 4. The van der Waals surface area contributed by atoms with Crippen molar-refractivity contribution in [3.63, 3.8) is 0 Å². The first kappa shape index (κ1) is 27.7. The van der Waals surface area contributed by atoms with E-state index in [0.717, 1.165) is 32.1 Å². The summed E-state index contributed by atoms with van der Waals surface area (Å²) >= 11 is 0. The Labute approximate surface area is 188 Å². The van der Waals surface area contributed by atoms with Crippen molar-refractivity contribution in [3.05, 3.63) is 0 Å². The van der Waals surface area contributed by atoms with Gasteiger partial charge in [-0.15, -0.1) is 0 Å². The molecule has 0 aliphatic heterocycles. The maximum absolute atomic E-state index is 12.6. The zero-order chi connectivity index (χ0) is 23.6. The third kappa shape index (κ3) is 11.2. The van der Waals surface area contributed by atoms with Crippen LogP contribution in [0.3, 0.4) is 0 Å². The van der Waals surface area contributed by atoms with Crippen molar-refractivity contribution >= 4 is 23.1 Å². The summed E-state index contributed by atoms with van der Waals surface area (Å²) in [6.07, 6.45) is 6.50. The van der Waals surface area contributed by atoms with Crippen molar-refractivity contribution in [2.45, 2.75) is 111 Å². The molecule has 0 saturated heterocycles. The van der Waals surface area contributed by atoms with E-state index in [4.69, 9.17) is 0 Å². The van der Waals surface area contributed by atoms with Crippen molar-refractivity contribution in [2.24, 2.45) is 29.6 Å². The molecule has 1 fully saturated rings. The molecule has 5 heteroatoms. The molecule has 1 saturated carbocycles. The van der Waals surface area contributed by atoms with Crippen LogP contribution in [0.4, 0.5) is 0 Å². The normalized spacial score (nSPS) is 24.5. The second-order valence-electron chi connectivity index (χ2n) is 10.4. The predicted octanol–water partition coefficient (Wildman–Crippen LogP) is 5.11. The quantitative estimate of drug-likeness (QED) is 0.360. The Bertz CT molecular complexity index is 611. The van der Waals surface area contributed by atoms with Gasteiger partial charge in [0.15, 0.2) is 0 Å². The number of hydrogen-bond acceptors (Lipinski definition) is 5. The van der Waals surface area contributed by atoms with Crippen LogP contribution in [-0.4, -0.2) is 34.3 Å². The summed E-state index contributed by atoms with van der Waals surface area (Å²) in [7, 11) is 0. The first-order valence-electron chi connectivity index (χ1n) is 12.2. The molecule has 0 aromatic rings.